The summed E-state index contributed by atoms with van der Waals surface area (Å²) in [5.41, 5.74) is 5.10. The molecule has 0 radical (unpaired) electrons. The van der Waals surface area contributed by atoms with Crippen LogP contribution < -0.4 is 5.56 Å². The van der Waals surface area contributed by atoms with E-state index >= 15 is 0 Å². The van der Waals surface area contributed by atoms with E-state index in [2.05, 4.69) is 30.6 Å². The second-order valence-corrected chi connectivity index (χ2v) is 8.33. The van der Waals surface area contributed by atoms with Crippen LogP contribution in [-0.2, 0) is 6.54 Å². The summed E-state index contributed by atoms with van der Waals surface area (Å²) < 4.78 is 2.96. The Hall–Kier alpha value is -5.45. The summed E-state index contributed by atoms with van der Waals surface area (Å²) in [5, 5.41) is 30.1. The summed E-state index contributed by atoms with van der Waals surface area (Å²) in [6.45, 7) is 0.290. The van der Waals surface area contributed by atoms with Gasteiger partial charge in [0.05, 0.1) is 35.7 Å². The number of aromatic nitrogens is 8. The van der Waals surface area contributed by atoms with Gasteiger partial charge in [0.15, 0.2) is 0 Å². The topological polar surface area (TPSA) is 144 Å². The van der Waals surface area contributed by atoms with Gasteiger partial charge in [-0.05, 0) is 59.7 Å². The van der Waals surface area contributed by atoms with Crippen LogP contribution in [0.4, 0.5) is 0 Å². The molecule has 11 heteroatoms. The molecule has 0 saturated carbocycles. The first-order valence-corrected chi connectivity index (χ1v) is 11.3. The van der Waals surface area contributed by atoms with Crippen LogP contribution in [0, 0.1) is 0 Å². The number of aromatic carboxylic acids is 1. The van der Waals surface area contributed by atoms with Gasteiger partial charge in [0.25, 0.3) is 5.56 Å². The number of carbonyl (C=O) groups is 1. The first kappa shape index (κ1) is 22.0. The van der Waals surface area contributed by atoms with Crippen molar-refractivity contribution in [2.24, 2.45) is 0 Å². The van der Waals surface area contributed by atoms with E-state index in [1.165, 1.54) is 16.8 Å². The molecule has 0 amide bonds. The van der Waals surface area contributed by atoms with E-state index in [9.17, 15) is 9.59 Å². The zero-order valence-electron chi connectivity index (χ0n) is 19.2. The van der Waals surface area contributed by atoms with Gasteiger partial charge in [0.1, 0.15) is 11.4 Å². The van der Waals surface area contributed by atoms with Crippen LogP contribution in [0.15, 0.2) is 90.2 Å². The Morgan fingerprint density at radius 2 is 1.78 bits per heavy atom. The fourth-order valence-corrected chi connectivity index (χ4v) is 4.04. The zero-order valence-corrected chi connectivity index (χ0v) is 19.2. The van der Waals surface area contributed by atoms with Gasteiger partial charge in [-0.3, -0.25) is 14.9 Å². The van der Waals surface area contributed by atoms with E-state index < -0.39 is 5.97 Å². The van der Waals surface area contributed by atoms with Gasteiger partial charge in [-0.1, -0.05) is 11.3 Å². The van der Waals surface area contributed by atoms with Crippen molar-refractivity contribution < 1.29 is 9.90 Å². The Morgan fingerprint density at radius 3 is 2.54 bits per heavy atom. The van der Waals surface area contributed by atoms with E-state index in [0.29, 0.717) is 23.6 Å². The minimum atomic E-state index is -0.994. The predicted molar refractivity (Wildman–Crippen MR) is 134 cm³/mol. The highest BCUT2D eigenvalue weighted by atomic mass is 16.4. The van der Waals surface area contributed by atoms with Crippen molar-refractivity contribution >= 4 is 16.9 Å². The van der Waals surface area contributed by atoms with Crippen molar-refractivity contribution in [2.75, 3.05) is 0 Å². The highest BCUT2D eigenvalue weighted by Gasteiger charge is 2.14. The molecule has 4 heterocycles. The van der Waals surface area contributed by atoms with Crippen LogP contribution in [0.25, 0.3) is 39.1 Å². The largest absolute Gasteiger partial charge is 0.478 e. The average Bonchev–Trinajstić information content (AvgIpc) is 3.57. The van der Waals surface area contributed by atoms with Crippen LogP contribution in [-0.4, -0.2) is 51.0 Å². The molecule has 0 atom stereocenters. The number of H-pyrrole nitrogens is 1. The van der Waals surface area contributed by atoms with Gasteiger partial charge in [0, 0.05) is 29.4 Å². The fraction of sp³-hybridized carbons (Fsp3) is 0.0385. The second-order valence-electron chi connectivity index (χ2n) is 8.33. The number of carboxylic acid groups (broad SMARTS) is 1. The highest BCUT2D eigenvalue weighted by Crippen LogP contribution is 2.26. The standard InChI is InChI=1S/C26H18N8O3/c35-24-12-19(17-7-9-27-10-8-17)13-28-34(24)14-16-1-6-22-21(11-16)25(31-29-22)23-15-33(32-30-23)20-4-2-18(3-5-20)26(36)37/h1-13,15H,14H2,(H,29,31)(H,36,37). The molecular weight excluding hydrogens is 472 g/mol. The SMILES string of the molecule is O=C(O)c1ccc(-n2cc(-c3n[nH]c4ccc(Cn5ncc(-c6ccncc6)cc5=O)cc34)nn2)cc1. The number of rotatable bonds is 6. The van der Waals surface area contributed by atoms with Crippen LogP contribution in [0.2, 0.25) is 0 Å². The summed E-state index contributed by atoms with van der Waals surface area (Å²) in [4.78, 5) is 27.8. The maximum absolute atomic E-state index is 12.7. The quantitative estimate of drug-likeness (QED) is 0.362. The lowest BCUT2D eigenvalue weighted by atomic mass is 10.1. The molecule has 0 aliphatic rings. The minimum absolute atomic E-state index is 0.190. The highest BCUT2D eigenvalue weighted by molar-refractivity contribution is 5.92. The van der Waals surface area contributed by atoms with Crippen LogP contribution in [0.3, 0.4) is 0 Å². The van der Waals surface area contributed by atoms with E-state index in [-0.39, 0.29) is 11.1 Å². The summed E-state index contributed by atoms with van der Waals surface area (Å²) in [6, 6.07) is 17.3. The molecule has 11 nitrogen and oxygen atoms in total. The number of aromatic amines is 1. The van der Waals surface area contributed by atoms with Crippen LogP contribution in [0.5, 0.6) is 0 Å². The summed E-state index contributed by atoms with van der Waals surface area (Å²) in [5.74, 6) is -0.994. The lowest BCUT2D eigenvalue weighted by Gasteiger charge is -2.07. The summed E-state index contributed by atoms with van der Waals surface area (Å²) in [7, 11) is 0. The van der Waals surface area contributed by atoms with Gasteiger partial charge in [-0.2, -0.15) is 10.2 Å². The normalized spacial score (nSPS) is 11.1. The Kier molecular flexibility index (Phi) is 5.34. The van der Waals surface area contributed by atoms with E-state index in [4.69, 9.17) is 5.11 Å². The van der Waals surface area contributed by atoms with Gasteiger partial charge in [0.2, 0.25) is 0 Å². The number of hydrogen-bond acceptors (Lipinski definition) is 7. The Labute approximate surface area is 208 Å². The molecule has 0 bridgehead atoms. The molecule has 2 aromatic carbocycles. The molecule has 6 aromatic rings. The molecule has 0 unspecified atom stereocenters. The first-order chi connectivity index (χ1) is 18.0. The molecule has 0 aliphatic carbocycles. The van der Waals surface area contributed by atoms with Crippen LogP contribution in [0.1, 0.15) is 15.9 Å². The van der Waals surface area contributed by atoms with Crippen molar-refractivity contribution in [1.82, 2.24) is 40.0 Å². The lowest BCUT2D eigenvalue weighted by molar-refractivity contribution is 0.0697. The van der Waals surface area contributed by atoms with Crippen molar-refractivity contribution in [3.8, 4) is 28.2 Å². The van der Waals surface area contributed by atoms with E-state index in [0.717, 1.165) is 27.6 Å². The van der Waals surface area contributed by atoms with Crippen molar-refractivity contribution in [3.63, 3.8) is 0 Å². The molecule has 0 aliphatic heterocycles. The maximum Gasteiger partial charge on any atom is 0.335 e. The average molecular weight is 490 g/mol. The maximum atomic E-state index is 12.7. The molecule has 4 aromatic heterocycles. The van der Waals surface area contributed by atoms with Gasteiger partial charge < -0.3 is 5.11 Å². The third-order valence-electron chi connectivity index (χ3n) is 5.96. The summed E-state index contributed by atoms with van der Waals surface area (Å²) >= 11 is 0. The smallest absolute Gasteiger partial charge is 0.335 e. The van der Waals surface area contributed by atoms with E-state index in [1.807, 2.05) is 30.3 Å². The van der Waals surface area contributed by atoms with Crippen LogP contribution >= 0.6 is 0 Å². The number of fused-ring (bicyclic) bond motifs is 1. The first-order valence-electron chi connectivity index (χ1n) is 11.3. The van der Waals surface area contributed by atoms with Gasteiger partial charge in [-0.15, -0.1) is 5.10 Å². The van der Waals surface area contributed by atoms with Gasteiger partial charge >= 0.3 is 5.97 Å². The number of pyridine rings is 1. The molecule has 37 heavy (non-hydrogen) atoms. The monoisotopic (exact) mass is 490 g/mol. The second kappa shape index (κ2) is 8.96. The molecule has 0 saturated heterocycles. The zero-order chi connectivity index (χ0) is 25.4. The fourth-order valence-electron chi connectivity index (χ4n) is 4.04. The number of hydrogen-bond donors (Lipinski definition) is 2. The summed E-state index contributed by atoms with van der Waals surface area (Å²) in [6.07, 6.45) is 6.74. The molecule has 0 fully saturated rings. The molecule has 6 rings (SSSR count). The lowest BCUT2D eigenvalue weighted by Crippen LogP contribution is -2.22. The minimum Gasteiger partial charge on any atom is -0.478 e. The third kappa shape index (κ3) is 4.25. The van der Waals surface area contributed by atoms with Crippen molar-refractivity contribution in [3.05, 3.63) is 107 Å². The number of carboxylic acids is 1. The molecular formula is C26H18N8O3. The predicted octanol–water partition coefficient (Wildman–Crippen LogP) is 3.18. The molecule has 2 N–H and O–H groups in total. The van der Waals surface area contributed by atoms with Crippen molar-refractivity contribution in [2.45, 2.75) is 6.54 Å². The van der Waals surface area contributed by atoms with E-state index in [1.54, 1.807) is 47.7 Å². The Bertz CT molecular complexity index is 1800. The Balaban J connectivity index is 1.28. The number of benzene rings is 2. The number of nitrogens with zero attached hydrogens (tertiary/aromatic N) is 7. The third-order valence-corrected chi connectivity index (χ3v) is 5.96. The molecule has 180 valence electrons. The van der Waals surface area contributed by atoms with Gasteiger partial charge in [-0.25, -0.2) is 14.2 Å². The molecule has 0 spiro atoms. The Morgan fingerprint density at radius 1 is 0.973 bits per heavy atom. The van der Waals surface area contributed by atoms with Crippen molar-refractivity contribution in [1.29, 1.82) is 0 Å². The number of nitrogens with one attached hydrogen (secondary N) is 1.